The number of rotatable bonds is 4. The predicted molar refractivity (Wildman–Crippen MR) is 69.5 cm³/mol. The molecule has 1 atom stereocenters. The molecule has 3 N–H and O–H groups in total. The van der Waals surface area contributed by atoms with E-state index in [1.807, 2.05) is 12.1 Å². The minimum Gasteiger partial charge on any atom is -0.392 e. The van der Waals surface area contributed by atoms with Crippen molar-refractivity contribution >= 4 is 23.1 Å². The number of aryl methyl sites for hydroxylation is 1. The van der Waals surface area contributed by atoms with Crippen LogP contribution < -0.4 is 11.1 Å². The van der Waals surface area contributed by atoms with E-state index < -0.39 is 0 Å². The van der Waals surface area contributed by atoms with Crippen LogP contribution in [0.15, 0.2) is 24.3 Å². The first-order valence-electron chi connectivity index (χ1n) is 5.23. The number of thiocarbonyl (C=S) groups is 1. The van der Waals surface area contributed by atoms with Gasteiger partial charge in [-0.1, -0.05) is 31.3 Å². The van der Waals surface area contributed by atoms with Crippen LogP contribution in [0.1, 0.15) is 29.8 Å². The maximum absolute atomic E-state index is 11.7. The first-order valence-corrected chi connectivity index (χ1v) is 5.64. The van der Waals surface area contributed by atoms with Crippen LogP contribution in [0.5, 0.6) is 0 Å². The maximum Gasteiger partial charge on any atom is 0.251 e. The van der Waals surface area contributed by atoms with Gasteiger partial charge in [0.2, 0.25) is 0 Å². The highest BCUT2D eigenvalue weighted by molar-refractivity contribution is 7.80. The van der Waals surface area contributed by atoms with E-state index >= 15 is 0 Å². The van der Waals surface area contributed by atoms with Crippen LogP contribution in [0.2, 0.25) is 0 Å². The Labute approximate surface area is 101 Å². The van der Waals surface area contributed by atoms with Crippen molar-refractivity contribution < 1.29 is 4.79 Å². The molecule has 16 heavy (non-hydrogen) atoms. The summed E-state index contributed by atoms with van der Waals surface area (Å²) in [4.78, 5) is 12.0. The van der Waals surface area contributed by atoms with Gasteiger partial charge in [0.1, 0.15) is 0 Å². The van der Waals surface area contributed by atoms with E-state index in [9.17, 15) is 4.79 Å². The second kappa shape index (κ2) is 5.61. The van der Waals surface area contributed by atoms with Gasteiger partial charge in [0.15, 0.2) is 0 Å². The Hall–Kier alpha value is -1.42. The first kappa shape index (κ1) is 12.6. The molecule has 1 unspecified atom stereocenters. The molecule has 1 aromatic rings. The minimum absolute atomic E-state index is 0.150. The topological polar surface area (TPSA) is 55.1 Å². The molecule has 1 rings (SSSR count). The standard InChI is InChI=1S/C12H16N2OS/c1-3-9-4-6-10(7-5-9)12(15)14-8(2)11(13)16/h4-8H,3H2,1-2H3,(H2,13,16)(H,14,15). The van der Waals surface area contributed by atoms with Crippen LogP contribution in [0.4, 0.5) is 0 Å². The molecule has 0 bridgehead atoms. The Morgan fingerprint density at radius 3 is 2.44 bits per heavy atom. The van der Waals surface area contributed by atoms with Gasteiger partial charge >= 0.3 is 0 Å². The smallest absolute Gasteiger partial charge is 0.251 e. The SMILES string of the molecule is CCc1ccc(C(=O)NC(C)C(N)=S)cc1. The Morgan fingerprint density at radius 1 is 1.44 bits per heavy atom. The molecule has 0 spiro atoms. The maximum atomic E-state index is 11.7. The second-order valence-corrected chi connectivity index (χ2v) is 4.12. The average molecular weight is 236 g/mol. The molecule has 0 heterocycles. The summed E-state index contributed by atoms with van der Waals surface area (Å²) in [6, 6.07) is 7.22. The van der Waals surface area contributed by atoms with E-state index in [2.05, 4.69) is 12.2 Å². The van der Waals surface area contributed by atoms with Crippen molar-refractivity contribution in [3.8, 4) is 0 Å². The highest BCUT2D eigenvalue weighted by Gasteiger charge is 2.10. The molecule has 1 aromatic carbocycles. The monoisotopic (exact) mass is 236 g/mol. The van der Waals surface area contributed by atoms with E-state index in [0.29, 0.717) is 10.6 Å². The third-order valence-electron chi connectivity index (χ3n) is 2.40. The van der Waals surface area contributed by atoms with E-state index in [-0.39, 0.29) is 11.9 Å². The molecule has 0 fully saturated rings. The number of amides is 1. The van der Waals surface area contributed by atoms with Gasteiger partial charge in [0, 0.05) is 5.56 Å². The molecule has 0 saturated heterocycles. The van der Waals surface area contributed by atoms with Crippen molar-refractivity contribution in [2.75, 3.05) is 0 Å². The Balaban J connectivity index is 2.69. The normalized spacial score (nSPS) is 11.9. The molecular weight excluding hydrogens is 220 g/mol. The van der Waals surface area contributed by atoms with Crippen molar-refractivity contribution in [2.45, 2.75) is 26.3 Å². The molecular formula is C12H16N2OS. The van der Waals surface area contributed by atoms with Gasteiger partial charge in [-0.15, -0.1) is 0 Å². The van der Waals surface area contributed by atoms with Crippen LogP contribution in [0, 0.1) is 0 Å². The molecule has 0 radical (unpaired) electrons. The summed E-state index contributed by atoms with van der Waals surface area (Å²) in [5, 5.41) is 2.73. The molecule has 0 aromatic heterocycles. The highest BCUT2D eigenvalue weighted by atomic mass is 32.1. The predicted octanol–water partition coefficient (Wildman–Crippen LogP) is 1.65. The summed E-state index contributed by atoms with van der Waals surface area (Å²) >= 11 is 4.79. The molecule has 3 nitrogen and oxygen atoms in total. The van der Waals surface area contributed by atoms with Crippen LogP contribution in [0.3, 0.4) is 0 Å². The molecule has 0 saturated carbocycles. The zero-order valence-corrected chi connectivity index (χ0v) is 10.3. The van der Waals surface area contributed by atoms with E-state index in [1.165, 1.54) is 5.56 Å². The number of benzene rings is 1. The van der Waals surface area contributed by atoms with E-state index in [0.717, 1.165) is 6.42 Å². The zero-order valence-electron chi connectivity index (χ0n) is 9.49. The summed E-state index contributed by atoms with van der Waals surface area (Å²) in [5.74, 6) is -0.150. The van der Waals surface area contributed by atoms with E-state index in [1.54, 1.807) is 19.1 Å². The lowest BCUT2D eigenvalue weighted by atomic mass is 10.1. The average Bonchev–Trinajstić information content (AvgIpc) is 2.28. The first-order chi connectivity index (χ1) is 7.54. The van der Waals surface area contributed by atoms with Crippen LogP contribution >= 0.6 is 12.2 Å². The quantitative estimate of drug-likeness (QED) is 0.782. The largest absolute Gasteiger partial charge is 0.392 e. The highest BCUT2D eigenvalue weighted by Crippen LogP contribution is 2.05. The number of hydrogen-bond acceptors (Lipinski definition) is 2. The Morgan fingerprint density at radius 2 is 2.00 bits per heavy atom. The molecule has 86 valence electrons. The number of nitrogens with two attached hydrogens (primary N) is 1. The lowest BCUT2D eigenvalue weighted by molar-refractivity contribution is 0.0949. The minimum atomic E-state index is -0.284. The summed E-state index contributed by atoms with van der Waals surface area (Å²) in [5.41, 5.74) is 7.26. The van der Waals surface area contributed by atoms with Crippen LogP contribution in [0.25, 0.3) is 0 Å². The van der Waals surface area contributed by atoms with Gasteiger partial charge < -0.3 is 11.1 Å². The second-order valence-electron chi connectivity index (χ2n) is 3.65. The van der Waals surface area contributed by atoms with Gasteiger partial charge in [-0.2, -0.15) is 0 Å². The van der Waals surface area contributed by atoms with Crippen molar-refractivity contribution in [3.05, 3.63) is 35.4 Å². The fourth-order valence-electron chi connectivity index (χ4n) is 1.24. The van der Waals surface area contributed by atoms with E-state index in [4.69, 9.17) is 18.0 Å². The van der Waals surface area contributed by atoms with Crippen molar-refractivity contribution in [1.29, 1.82) is 0 Å². The third-order valence-corrected chi connectivity index (χ3v) is 2.75. The van der Waals surface area contributed by atoms with Gasteiger partial charge in [-0.25, -0.2) is 0 Å². The molecule has 4 heteroatoms. The molecule has 0 aliphatic heterocycles. The summed E-state index contributed by atoms with van der Waals surface area (Å²) in [6.07, 6.45) is 0.963. The lowest BCUT2D eigenvalue weighted by Crippen LogP contribution is -2.41. The Bertz CT molecular complexity index is 387. The van der Waals surface area contributed by atoms with Crippen molar-refractivity contribution in [1.82, 2.24) is 5.32 Å². The lowest BCUT2D eigenvalue weighted by Gasteiger charge is -2.12. The zero-order chi connectivity index (χ0) is 12.1. The van der Waals surface area contributed by atoms with Gasteiger partial charge in [-0.05, 0) is 31.0 Å². The summed E-state index contributed by atoms with van der Waals surface area (Å²) in [7, 11) is 0. The molecule has 0 aliphatic rings. The third kappa shape index (κ3) is 3.31. The van der Waals surface area contributed by atoms with Gasteiger partial charge in [-0.3, -0.25) is 4.79 Å². The summed E-state index contributed by atoms with van der Waals surface area (Å²) in [6.45, 7) is 3.84. The van der Waals surface area contributed by atoms with Gasteiger partial charge in [0.25, 0.3) is 5.91 Å². The van der Waals surface area contributed by atoms with Crippen molar-refractivity contribution in [2.24, 2.45) is 5.73 Å². The van der Waals surface area contributed by atoms with Crippen LogP contribution in [-0.2, 0) is 6.42 Å². The van der Waals surface area contributed by atoms with Crippen molar-refractivity contribution in [3.63, 3.8) is 0 Å². The van der Waals surface area contributed by atoms with Crippen LogP contribution in [-0.4, -0.2) is 16.9 Å². The Kier molecular flexibility index (Phi) is 4.43. The number of nitrogens with one attached hydrogen (secondary N) is 1. The molecule has 0 aliphatic carbocycles. The summed E-state index contributed by atoms with van der Waals surface area (Å²) < 4.78 is 0. The number of carbonyl (C=O) groups excluding carboxylic acids is 1. The number of carbonyl (C=O) groups is 1. The fourth-order valence-corrected chi connectivity index (χ4v) is 1.30. The number of hydrogen-bond donors (Lipinski definition) is 2. The molecule has 1 amide bonds. The fraction of sp³-hybridized carbons (Fsp3) is 0.333. The van der Waals surface area contributed by atoms with Gasteiger partial charge in [0.05, 0.1) is 11.0 Å².